The molecule has 0 aromatic carbocycles. The third-order valence-corrected chi connectivity index (χ3v) is 3.56. The summed E-state index contributed by atoms with van der Waals surface area (Å²) in [5.41, 5.74) is 0.255. The van der Waals surface area contributed by atoms with Gasteiger partial charge in [-0.3, -0.25) is 9.69 Å². The second-order valence-corrected chi connectivity index (χ2v) is 6.64. The van der Waals surface area contributed by atoms with Crippen molar-refractivity contribution in [2.24, 2.45) is 5.41 Å². The maximum Gasteiger partial charge on any atom is 0.151 e. The SMILES string of the molecule is CN1CCCN(C)C(C(=O)CCC(C)(C)C)C1. The fraction of sp³-hybridized carbons (Fsp3) is 0.929. The van der Waals surface area contributed by atoms with Gasteiger partial charge in [0.05, 0.1) is 6.04 Å². The Hall–Kier alpha value is -0.410. The summed E-state index contributed by atoms with van der Waals surface area (Å²) in [6.45, 7) is 9.62. The lowest BCUT2D eigenvalue weighted by atomic mass is 9.88. The predicted octanol–water partition coefficient (Wildman–Crippen LogP) is 2.02. The molecule has 100 valence electrons. The Morgan fingerprint density at radius 2 is 1.88 bits per heavy atom. The molecule has 1 unspecified atom stereocenters. The Labute approximate surface area is 106 Å². The van der Waals surface area contributed by atoms with Crippen molar-refractivity contribution in [1.29, 1.82) is 0 Å². The summed E-state index contributed by atoms with van der Waals surface area (Å²) in [5.74, 6) is 0.413. The van der Waals surface area contributed by atoms with Crippen molar-refractivity contribution in [3.8, 4) is 0 Å². The molecule has 17 heavy (non-hydrogen) atoms. The minimum atomic E-state index is 0.102. The zero-order valence-electron chi connectivity index (χ0n) is 12.1. The molecule has 0 aromatic rings. The lowest BCUT2D eigenvalue weighted by molar-refractivity contribution is -0.124. The fourth-order valence-corrected chi connectivity index (χ4v) is 2.28. The van der Waals surface area contributed by atoms with Crippen molar-refractivity contribution in [3.63, 3.8) is 0 Å². The molecule has 1 fully saturated rings. The molecule has 0 bridgehead atoms. The van der Waals surface area contributed by atoms with Crippen molar-refractivity contribution in [3.05, 3.63) is 0 Å². The minimum absolute atomic E-state index is 0.102. The van der Waals surface area contributed by atoms with Gasteiger partial charge in [-0.1, -0.05) is 20.8 Å². The number of likely N-dealkylation sites (N-methyl/N-ethyl adjacent to an activating group) is 2. The largest absolute Gasteiger partial charge is 0.304 e. The third kappa shape index (κ3) is 5.17. The van der Waals surface area contributed by atoms with Gasteiger partial charge in [-0.2, -0.15) is 0 Å². The van der Waals surface area contributed by atoms with Crippen LogP contribution < -0.4 is 0 Å². The zero-order valence-corrected chi connectivity index (χ0v) is 12.1. The summed E-state index contributed by atoms with van der Waals surface area (Å²) in [4.78, 5) is 16.8. The summed E-state index contributed by atoms with van der Waals surface area (Å²) in [5, 5.41) is 0. The first-order valence-corrected chi connectivity index (χ1v) is 6.71. The number of Topliss-reactive ketones (excluding diaryl/α,β-unsaturated/α-hetero) is 1. The standard InChI is InChI=1S/C14H28N2O/c1-14(2,3)8-7-13(17)12-11-15(4)9-6-10-16(12)5/h12H,6-11H2,1-5H3. The molecule has 0 aromatic heterocycles. The van der Waals surface area contributed by atoms with Gasteiger partial charge in [0.25, 0.3) is 0 Å². The second kappa shape index (κ2) is 5.96. The molecule has 1 rings (SSSR count). The summed E-state index contributed by atoms with van der Waals surface area (Å²) in [6, 6.07) is 0.102. The molecule has 0 radical (unpaired) electrons. The highest BCUT2D eigenvalue weighted by Gasteiger charge is 2.27. The summed E-state index contributed by atoms with van der Waals surface area (Å²) < 4.78 is 0. The molecule has 3 nitrogen and oxygen atoms in total. The van der Waals surface area contributed by atoms with Crippen molar-refractivity contribution in [2.45, 2.75) is 46.1 Å². The number of hydrogen-bond donors (Lipinski definition) is 0. The Balaban J connectivity index is 2.53. The highest BCUT2D eigenvalue weighted by Crippen LogP contribution is 2.22. The van der Waals surface area contributed by atoms with E-state index in [1.165, 1.54) is 0 Å². The van der Waals surface area contributed by atoms with Crippen LogP contribution in [0.1, 0.15) is 40.0 Å². The smallest absolute Gasteiger partial charge is 0.151 e. The number of carbonyl (C=O) groups is 1. The van der Waals surface area contributed by atoms with Crippen LogP contribution in [-0.4, -0.2) is 55.4 Å². The maximum absolute atomic E-state index is 12.3. The van der Waals surface area contributed by atoms with Crippen LogP contribution in [0.15, 0.2) is 0 Å². The van der Waals surface area contributed by atoms with Crippen LogP contribution in [-0.2, 0) is 4.79 Å². The van der Waals surface area contributed by atoms with E-state index in [0.717, 1.165) is 32.5 Å². The minimum Gasteiger partial charge on any atom is -0.304 e. The first kappa shape index (κ1) is 14.7. The van der Waals surface area contributed by atoms with Gasteiger partial charge in [0.1, 0.15) is 0 Å². The van der Waals surface area contributed by atoms with Crippen molar-refractivity contribution < 1.29 is 4.79 Å². The van der Waals surface area contributed by atoms with Crippen molar-refractivity contribution in [2.75, 3.05) is 33.7 Å². The van der Waals surface area contributed by atoms with Gasteiger partial charge < -0.3 is 4.90 Å². The van der Waals surface area contributed by atoms with E-state index in [2.05, 4.69) is 44.7 Å². The monoisotopic (exact) mass is 240 g/mol. The third-order valence-electron chi connectivity index (χ3n) is 3.56. The van der Waals surface area contributed by atoms with Gasteiger partial charge in [0.2, 0.25) is 0 Å². The van der Waals surface area contributed by atoms with Crippen LogP contribution in [0.25, 0.3) is 0 Å². The van der Waals surface area contributed by atoms with Crippen LogP contribution in [0.3, 0.4) is 0 Å². The van der Waals surface area contributed by atoms with Crippen LogP contribution in [0.2, 0.25) is 0 Å². The highest BCUT2D eigenvalue weighted by molar-refractivity contribution is 5.84. The molecule has 1 heterocycles. The molecular formula is C14H28N2O. The zero-order chi connectivity index (χ0) is 13.1. The normalized spacial score (nSPS) is 24.6. The van der Waals surface area contributed by atoms with E-state index in [9.17, 15) is 4.79 Å². The first-order chi connectivity index (χ1) is 7.79. The molecule has 0 amide bonds. The van der Waals surface area contributed by atoms with Crippen molar-refractivity contribution >= 4 is 5.78 Å². The lowest BCUT2D eigenvalue weighted by Gasteiger charge is -2.27. The summed E-state index contributed by atoms with van der Waals surface area (Å²) in [6.07, 6.45) is 2.86. The molecule has 1 saturated heterocycles. The molecule has 1 aliphatic heterocycles. The topological polar surface area (TPSA) is 23.6 Å². The first-order valence-electron chi connectivity index (χ1n) is 6.71. The van der Waals surface area contributed by atoms with Gasteiger partial charge in [0.15, 0.2) is 5.78 Å². The predicted molar refractivity (Wildman–Crippen MR) is 72.2 cm³/mol. The lowest BCUT2D eigenvalue weighted by Crippen LogP contribution is -2.43. The van der Waals surface area contributed by atoms with E-state index in [1.807, 2.05) is 0 Å². The molecule has 0 aliphatic carbocycles. The highest BCUT2D eigenvalue weighted by atomic mass is 16.1. The van der Waals surface area contributed by atoms with Gasteiger partial charge in [-0.05, 0) is 45.4 Å². The van der Waals surface area contributed by atoms with Crippen molar-refractivity contribution in [1.82, 2.24) is 9.80 Å². The van der Waals surface area contributed by atoms with E-state index in [-0.39, 0.29) is 11.5 Å². The van der Waals surface area contributed by atoms with E-state index >= 15 is 0 Å². The van der Waals surface area contributed by atoms with Gasteiger partial charge in [0, 0.05) is 13.0 Å². The molecular weight excluding hydrogens is 212 g/mol. The van der Waals surface area contributed by atoms with Gasteiger partial charge in [-0.15, -0.1) is 0 Å². The quantitative estimate of drug-likeness (QED) is 0.754. The van der Waals surface area contributed by atoms with E-state index in [0.29, 0.717) is 12.2 Å². The molecule has 0 saturated carbocycles. The summed E-state index contributed by atoms with van der Waals surface area (Å²) in [7, 11) is 4.20. The number of hydrogen-bond acceptors (Lipinski definition) is 3. The average Bonchev–Trinajstić information content (AvgIpc) is 2.36. The van der Waals surface area contributed by atoms with E-state index in [1.54, 1.807) is 0 Å². The fourth-order valence-electron chi connectivity index (χ4n) is 2.28. The van der Waals surface area contributed by atoms with Crippen LogP contribution in [0.4, 0.5) is 0 Å². The molecule has 1 atom stereocenters. The molecule has 0 spiro atoms. The van der Waals surface area contributed by atoms with Crippen LogP contribution in [0.5, 0.6) is 0 Å². The summed E-state index contributed by atoms with van der Waals surface area (Å²) >= 11 is 0. The number of carbonyl (C=O) groups excluding carboxylic acids is 1. The van der Waals surface area contributed by atoms with E-state index in [4.69, 9.17) is 0 Å². The maximum atomic E-state index is 12.3. The molecule has 1 aliphatic rings. The van der Waals surface area contributed by atoms with E-state index < -0.39 is 0 Å². The second-order valence-electron chi connectivity index (χ2n) is 6.64. The Kier molecular flexibility index (Phi) is 5.14. The van der Waals surface area contributed by atoms with Crippen LogP contribution >= 0.6 is 0 Å². The Bertz CT molecular complexity index is 257. The van der Waals surface area contributed by atoms with Gasteiger partial charge >= 0.3 is 0 Å². The molecule has 3 heteroatoms. The Morgan fingerprint density at radius 3 is 2.47 bits per heavy atom. The van der Waals surface area contributed by atoms with Crippen LogP contribution in [0, 0.1) is 5.41 Å². The average molecular weight is 240 g/mol. The molecule has 0 N–H and O–H groups in total. The number of rotatable bonds is 3. The van der Waals surface area contributed by atoms with Gasteiger partial charge in [-0.25, -0.2) is 0 Å². The number of ketones is 1. The number of nitrogens with zero attached hydrogens (tertiary/aromatic N) is 2. The Morgan fingerprint density at radius 1 is 1.24 bits per heavy atom.